The number of pyridine rings is 1. The number of nitrogens with zero attached hydrogens (tertiary/aromatic N) is 3. The third kappa shape index (κ3) is 4.33. The molecule has 25 heavy (non-hydrogen) atoms. The van der Waals surface area contributed by atoms with Crippen molar-refractivity contribution in [2.45, 2.75) is 18.9 Å². The number of nitrogens with one attached hydrogen (secondary N) is 2. The zero-order valence-electron chi connectivity index (χ0n) is 14.1. The predicted octanol–water partition coefficient (Wildman–Crippen LogP) is -0.766. The lowest BCUT2D eigenvalue weighted by Gasteiger charge is -2.41. The van der Waals surface area contributed by atoms with E-state index in [1.807, 2.05) is 4.90 Å². The van der Waals surface area contributed by atoms with Gasteiger partial charge < -0.3 is 20.4 Å². The van der Waals surface area contributed by atoms with Crippen molar-refractivity contribution < 1.29 is 14.4 Å². The fourth-order valence-corrected chi connectivity index (χ4v) is 3.30. The van der Waals surface area contributed by atoms with E-state index in [-0.39, 0.29) is 30.3 Å². The molecule has 0 spiro atoms. The first-order valence-electron chi connectivity index (χ1n) is 8.62. The molecule has 2 N–H and O–H groups in total. The number of amides is 3. The Hall–Kier alpha value is -2.48. The maximum atomic E-state index is 12.4. The molecule has 2 fully saturated rings. The van der Waals surface area contributed by atoms with Crippen LogP contribution in [-0.2, 0) is 9.59 Å². The monoisotopic (exact) mass is 345 g/mol. The summed E-state index contributed by atoms with van der Waals surface area (Å²) < 4.78 is 0. The van der Waals surface area contributed by atoms with Gasteiger partial charge in [0.15, 0.2) is 0 Å². The molecule has 134 valence electrons. The lowest BCUT2D eigenvalue weighted by Crippen LogP contribution is -2.58. The normalized spacial score (nSPS) is 21.1. The summed E-state index contributed by atoms with van der Waals surface area (Å²) in [4.78, 5) is 44.0. The highest BCUT2D eigenvalue weighted by molar-refractivity contribution is 5.94. The summed E-state index contributed by atoms with van der Waals surface area (Å²) >= 11 is 0. The Bertz CT molecular complexity index is 636. The minimum absolute atomic E-state index is 0.0579. The molecule has 0 saturated carbocycles. The van der Waals surface area contributed by atoms with Gasteiger partial charge in [-0.05, 0) is 25.0 Å². The molecule has 1 unspecified atom stereocenters. The first kappa shape index (κ1) is 17.3. The first-order valence-corrected chi connectivity index (χ1v) is 8.62. The third-order valence-corrected chi connectivity index (χ3v) is 4.61. The number of piperazine rings is 1. The van der Waals surface area contributed by atoms with Crippen molar-refractivity contribution in [3.8, 4) is 0 Å². The van der Waals surface area contributed by atoms with Crippen LogP contribution in [0.15, 0.2) is 24.4 Å². The second kappa shape index (κ2) is 8.06. The number of hydrogen-bond donors (Lipinski definition) is 2. The van der Waals surface area contributed by atoms with E-state index in [1.54, 1.807) is 23.1 Å². The molecular weight excluding hydrogens is 322 g/mol. The van der Waals surface area contributed by atoms with Gasteiger partial charge in [0.25, 0.3) is 5.91 Å². The molecule has 2 aliphatic rings. The highest BCUT2D eigenvalue weighted by Crippen LogP contribution is 2.17. The lowest BCUT2D eigenvalue weighted by atomic mass is 10.0. The van der Waals surface area contributed by atoms with E-state index in [0.29, 0.717) is 31.9 Å². The number of likely N-dealkylation sites (tertiary alicyclic amines) is 1. The van der Waals surface area contributed by atoms with Crippen LogP contribution in [0.5, 0.6) is 0 Å². The molecule has 3 heterocycles. The predicted molar refractivity (Wildman–Crippen MR) is 90.8 cm³/mol. The molecule has 8 nitrogen and oxygen atoms in total. The minimum atomic E-state index is -0.361. The summed E-state index contributed by atoms with van der Waals surface area (Å²) in [5.41, 5.74) is 0.290. The number of hydrogen-bond acceptors (Lipinski definition) is 5. The zero-order valence-corrected chi connectivity index (χ0v) is 14.1. The molecule has 3 amide bonds. The zero-order chi connectivity index (χ0) is 17.6. The summed E-state index contributed by atoms with van der Waals surface area (Å²) in [6.45, 7) is 2.97. The SMILES string of the molecule is O=C(NCC(=O)N1CCCC(N2CCNCC2=O)C1)c1ccccn1. The van der Waals surface area contributed by atoms with Crippen LogP contribution in [-0.4, -0.2) is 77.8 Å². The molecule has 8 heteroatoms. The van der Waals surface area contributed by atoms with Crippen LogP contribution >= 0.6 is 0 Å². The molecule has 0 radical (unpaired) electrons. The van der Waals surface area contributed by atoms with E-state index in [4.69, 9.17) is 0 Å². The molecule has 3 rings (SSSR count). The van der Waals surface area contributed by atoms with Crippen LogP contribution in [0.3, 0.4) is 0 Å². The van der Waals surface area contributed by atoms with Crippen molar-refractivity contribution in [3.05, 3.63) is 30.1 Å². The maximum Gasteiger partial charge on any atom is 0.270 e. The Labute approximate surface area is 146 Å². The van der Waals surface area contributed by atoms with E-state index >= 15 is 0 Å². The number of rotatable bonds is 4. The van der Waals surface area contributed by atoms with Crippen LogP contribution in [0, 0.1) is 0 Å². The third-order valence-electron chi connectivity index (χ3n) is 4.61. The van der Waals surface area contributed by atoms with Gasteiger partial charge in [-0.2, -0.15) is 0 Å². The maximum absolute atomic E-state index is 12.4. The highest BCUT2D eigenvalue weighted by atomic mass is 16.2. The Balaban J connectivity index is 1.51. The van der Waals surface area contributed by atoms with Gasteiger partial charge >= 0.3 is 0 Å². The van der Waals surface area contributed by atoms with E-state index < -0.39 is 0 Å². The van der Waals surface area contributed by atoms with Crippen LogP contribution < -0.4 is 10.6 Å². The average Bonchev–Trinajstić information content (AvgIpc) is 2.67. The average molecular weight is 345 g/mol. The number of carbonyl (C=O) groups excluding carboxylic acids is 3. The summed E-state index contributed by atoms with van der Waals surface area (Å²) in [5, 5.41) is 5.68. The molecule has 1 atom stereocenters. The van der Waals surface area contributed by atoms with Gasteiger partial charge in [-0.25, -0.2) is 0 Å². The molecule has 0 bridgehead atoms. The fourth-order valence-electron chi connectivity index (χ4n) is 3.30. The molecule has 1 aromatic heterocycles. The Morgan fingerprint density at radius 1 is 1.32 bits per heavy atom. The molecule has 1 aromatic rings. The van der Waals surface area contributed by atoms with E-state index in [1.165, 1.54) is 6.20 Å². The van der Waals surface area contributed by atoms with Crippen LogP contribution in [0.4, 0.5) is 0 Å². The summed E-state index contributed by atoms with van der Waals surface area (Å²) in [7, 11) is 0. The van der Waals surface area contributed by atoms with Gasteiger partial charge in [-0.3, -0.25) is 19.4 Å². The quantitative estimate of drug-likeness (QED) is 0.748. The van der Waals surface area contributed by atoms with Gasteiger partial charge in [0, 0.05) is 38.4 Å². The summed E-state index contributed by atoms with van der Waals surface area (Å²) in [5.74, 6) is -0.398. The van der Waals surface area contributed by atoms with Crippen molar-refractivity contribution in [2.24, 2.45) is 0 Å². The topological polar surface area (TPSA) is 94.6 Å². The largest absolute Gasteiger partial charge is 0.342 e. The molecule has 0 aromatic carbocycles. The van der Waals surface area contributed by atoms with Crippen molar-refractivity contribution in [2.75, 3.05) is 39.3 Å². The van der Waals surface area contributed by atoms with Crippen molar-refractivity contribution in [1.82, 2.24) is 25.4 Å². The van der Waals surface area contributed by atoms with Crippen LogP contribution in [0.2, 0.25) is 0 Å². The van der Waals surface area contributed by atoms with Crippen molar-refractivity contribution >= 4 is 17.7 Å². The Kier molecular flexibility index (Phi) is 5.60. The number of aromatic nitrogens is 1. The summed E-state index contributed by atoms with van der Waals surface area (Å²) in [6, 6.07) is 5.13. The second-order valence-electron chi connectivity index (χ2n) is 6.30. The van der Waals surface area contributed by atoms with Gasteiger partial charge in [-0.1, -0.05) is 6.07 Å². The van der Waals surface area contributed by atoms with Crippen molar-refractivity contribution in [1.29, 1.82) is 0 Å². The van der Waals surface area contributed by atoms with E-state index in [9.17, 15) is 14.4 Å². The van der Waals surface area contributed by atoms with Crippen LogP contribution in [0.25, 0.3) is 0 Å². The Morgan fingerprint density at radius 2 is 2.20 bits per heavy atom. The fraction of sp³-hybridized carbons (Fsp3) is 0.529. The molecular formula is C17H23N5O3. The number of piperidine rings is 1. The highest BCUT2D eigenvalue weighted by Gasteiger charge is 2.31. The van der Waals surface area contributed by atoms with E-state index in [2.05, 4.69) is 15.6 Å². The first-order chi connectivity index (χ1) is 12.1. The van der Waals surface area contributed by atoms with Crippen molar-refractivity contribution in [3.63, 3.8) is 0 Å². The lowest BCUT2D eigenvalue weighted by molar-refractivity contribution is -0.140. The molecule has 0 aliphatic carbocycles. The Morgan fingerprint density at radius 3 is 2.96 bits per heavy atom. The van der Waals surface area contributed by atoms with Gasteiger partial charge in [-0.15, -0.1) is 0 Å². The number of carbonyl (C=O) groups is 3. The molecule has 2 aliphatic heterocycles. The van der Waals surface area contributed by atoms with Crippen LogP contribution in [0.1, 0.15) is 23.3 Å². The van der Waals surface area contributed by atoms with E-state index in [0.717, 1.165) is 19.4 Å². The molecule has 2 saturated heterocycles. The minimum Gasteiger partial charge on any atom is -0.342 e. The standard InChI is InChI=1S/C17H23N5O3/c23-15(11-20-17(25)14-5-1-2-6-19-14)21-8-3-4-13(12-21)22-9-7-18-10-16(22)24/h1-2,5-6,13,18H,3-4,7-12H2,(H,20,25). The van der Waals surface area contributed by atoms with Gasteiger partial charge in [0.1, 0.15) is 5.69 Å². The summed E-state index contributed by atoms with van der Waals surface area (Å²) in [6.07, 6.45) is 3.31. The van der Waals surface area contributed by atoms with Gasteiger partial charge in [0.2, 0.25) is 11.8 Å². The van der Waals surface area contributed by atoms with Gasteiger partial charge in [0.05, 0.1) is 13.1 Å². The second-order valence-corrected chi connectivity index (χ2v) is 6.30. The smallest absolute Gasteiger partial charge is 0.270 e.